The molecule has 1 saturated carbocycles. The topological polar surface area (TPSA) is 48.4 Å². The van der Waals surface area contributed by atoms with Gasteiger partial charge in [-0.2, -0.15) is 0 Å². The summed E-state index contributed by atoms with van der Waals surface area (Å²) in [5, 5.41) is 12.5. The van der Waals surface area contributed by atoms with Crippen molar-refractivity contribution in [2.75, 3.05) is 24.6 Å². The molecule has 2 N–H and O–H groups in total. The molecule has 1 aromatic rings. The van der Waals surface area contributed by atoms with Gasteiger partial charge >= 0.3 is 0 Å². The fraction of sp³-hybridized carbons (Fsp3) is 0.688. The number of aliphatic hydroxyl groups excluding tert-OH is 1. The third kappa shape index (κ3) is 3.70. The van der Waals surface area contributed by atoms with Crippen molar-refractivity contribution in [2.24, 2.45) is 0 Å². The molecule has 0 bridgehead atoms. The van der Waals surface area contributed by atoms with Gasteiger partial charge in [0.15, 0.2) is 0 Å². The Morgan fingerprint density at radius 2 is 2.30 bits per heavy atom. The zero-order valence-electron chi connectivity index (χ0n) is 12.7. The molecular weight excluding hydrogens is 250 g/mol. The fourth-order valence-electron chi connectivity index (χ4n) is 2.71. The third-order valence-electron chi connectivity index (χ3n) is 4.15. The van der Waals surface area contributed by atoms with E-state index in [1.807, 2.05) is 6.20 Å². The van der Waals surface area contributed by atoms with Crippen LogP contribution in [0.4, 0.5) is 5.82 Å². The number of hydrogen-bond acceptors (Lipinski definition) is 4. The van der Waals surface area contributed by atoms with Crippen molar-refractivity contribution in [3.05, 3.63) is 23.9 Å². The van der Waals surface area contributed by atoms with Crippen molar-refractivity contribution in [3.8, 4) is 0 Å². The van der Waals surface area contributed by atoms with Gasteiger partial charge in [-0.1, -0.05) is 6.92 Å². The van der Waals surface area contributed by atoms with Crippen molar-refractivity contribution >= 4 is 5.82 Å². The first kappa shape index (κ1) is 15.3. The van der Waals surface area contributed by atoms with Gasteiger partial charge in [0.1, 0.15) is 5.82 Å². The van der Waals surface area contributed by atoms with E-state index in [0.717, 1.165) is 25.3 Å². The molecule has 1 aliphatic carbocycles. The van der Waals surface area contributed by atoms with Crippen molar-refractivity contribution < 1.29 is 5.11 Å². The molecule has 112 valence electrons. The van der Waals surface area contributed by atoms with Gasteiger partial charge in [0.2, 0.25) is 0 Å². The minimum Gasteiger partial charge on any atom is -0.396 e. The van der Waals surface area contributed by atoms with Gasteiger partial charge in [-0.25, -0.2) is 4.98 Å². The summed E-state index contributed by atoms with van der Waals surface area (Å²) in [5.41, 5.74) is 1.28. The molecule has 1 aromatic heterocycles. The van der Waals surface area contributed by atoms with E-state index in [9.17, 15) is 0 Å². The van der Waals surface area contributed by atoms with Crippen molar-refractivity contribution in [2.45, 2.75) is 51.6 Å². The van der Waals surface area contributed by atoms with E-state index in [1.54, 1.807) is 0 Å². The molecule has 4 nitrogen and oxygen atoms in total. The molecule has 2 rings (SSSR count). The highest BCUT2D eigenvalue weighted by Gasteiger charge is 2.25. The van der Waals surface area contributed by atoms with Gasteiger partial charge in [0.25, 0.3) is 0 Å². The second-order valence-electron chi connectivity index (χ2n) is 5.58. The molecule has 0 aliphatic heterocycles. The van der Waals surface area contributed by atoms with E-state index < -0.39 is 0 Å². The highest BCUT2D eigenvalue weighted by molar-refractivity contribution is 5.43. The normalized spacial score (nSPS) is 16.8. The lowest BCUT2D eigenvalue weighted by Gasteiger charge is -2.38. The molecule has 0 saturated heterocycles. The van der Waals surface area contributed by atoms with Crippen LogP contribution in [0.1, 0.15) is 51.1 Å². The molecule has 4 heteroatoms. The molecule has 0 amide bonds. The zero-order valence-corrected chi connectivity index (χ0v) is 12.7. The van der Waals surface area contributed by atoms with E-state index in [4.69, 9.17) is 5.11 Å². The molecule has 1 atom stereocenters. The second-order valence-corrected chi connectivity index (χ2v) is 5.58. The lowest BCUT2D eigenvalue weighted by molar-refractivity contribution is 0.282. The Morgan fingerprint density at radius 1 is 1.50 bits per heavy atom. The Labute approximate surface area is 122 Å². The number of nitrogens with zero attached hydrogens (tertiary/aromatic N) is 2. The number of anilines is 1. The Balaban J connectivity index is 2.12. The molecule has 0 aromatic carbocycles. The number of hydrogen-bond donors (Lipinski definition) is 2. The maximum absolute atomic E-state index is 9.09. The number of nitrogens with one attached hydrogen (secondary N) is 1. The lowest BCUT2D eigenvalue weighted by Crippen LogP contribution is -2.41. The zero-order chi connectivity index (χ0) is 14.4. The van der Waals surface area contributed by atoms with Crippen molar-refractivity contribution in [1.29, 1.82) is 0 Å². The maximum Gasteiger partial charge on any atom is 0.129 e. The van der Waals surface area contributed by atoms with Crippen LogP contribution in [0.5, 0.6) is 0 Å². The van der Waals surface area contributed by atoms with Crippen LogP contribution in [-0.2, 0) is 0 Å². The molecular formula is C16H27N3O. The van der Waals surface area contributed by atoms with Gasteiger partial charge in [-0.3, -0.25) is 0 Å². The maximum atomic E-state index is 9.09. The molecule has 0 spiro atoms. The Bertz CT molecular complexity index is 406. The van der Waals surface area contributed by atoms with E-state index in [2.05, 4.69) is 41.2 Å². The van der Waals surface area contributed by atoms with Crippen LogP contribution < -0.4 is 10.2 Å². The summed E-state index contributed by atoms with van der Waals surface area (Å²) in [7, 11) is 0. The standard InChI is InChI=1S/C16H27N3O/c1-3-17-13(2)14-8-9-18-16(12-14)19(10-5-11-20)15-6-4-7-15/h8-9,12-13,15,17,20H,3-7,10-11H2,1-2H3. The van der Waals surface area contributed by atoms with Crippen LogP contribution in [0.15, 0.2) is 18.3 Å². The fourth-order valence-corrected chi connectivity index (χ4v) is 2.71. The number of pyridine rings is 1. The van der Waals surface area contributed by atoms with Crippen LogP contribution in [0.2, 0.25) is 0 Å². The van der Waals surface area contributed by atoms with Crippen LogP contribution in [0, 0.1) is 0 Å². The Morgan fingerprint density at radius 3 is 2.90 bits per heavy atom. The van der Waals surface area contributed by atoms with Gasteiger partial charge in [0, 0.05) is 31.4 Å². The summed E-state index contributed by atoms with van der Waals surface area (Å²) < 4.78 is 0. The summed E-state index contributed by atoms with van der Waals surface area (Å²) in [6, 6.07) is 5.24. The largest absolute Gasteiger partial charge is 0.396 e. The van der Waals surface area contributed by atoms with E-state index in [-0.39, 0.29) is 6.61 Å². The molecule has 1 fully saturated rings. The predicted octanol–water partition coefficient (Wildman–Crippen LogP) is 2.49. The summed E-state index contributed by atoms with van der Waals surface area (Å²) in [6.45, 7) is 6.42. The van der Waals surface area contributed by atoms with Gasteiger partial charge < -0.3 is 15.3 Å². The number of aliphatic hydroxyl groups is 1. The first-order valence-electron chi connectivity index (χ1n) is 7.83. The first-order valence-corrected chi connectivity index (χ1v) is 7.83. The molecule has 1 heterocycles. The summed E-state index contributed by atoms with van der Waals surface area (Å²) in [6.07, 6.45) is 6.53. The summed E-state index contributed by atoms with van der Waals surface area (Å²) in [5.74, 6) is 1.06. The van der Waals surface area contributed by atoms with E-state index in [1.165, 1.54) is 24.8 Å². The van der Waals surface area contributed by atoms with Crippen LogP contribution in [0.3, 0.4) is 0 Å². The molecule has 1 unspecified atom stereocenters. The van der Waals surface area contributed by atoms with Crippen molar-refractivity contribution in [3.63, 3.8) is 0 Å². The van der Waals surface area contributed by atoms with E-state index >= 15 is 0 Å². The minimum absolute atomic E-state index is 0.247. The number of aromatic nitrogens is 1. The highest BCUT2D eigenvalue weighted by Crippen LogP contribution is 2.29. The quantitative estimate of drug-likeness (QED) is 0.766. The SMILES string of the molecule is CCNC(C)c1ccnc(N(CCCO)C2CCC2)c1. The average Bonchev–Trinajstić information content (AvgIpc) is 2.41. The Hall–Kier alpha value is -1.13. The van der Waals surface area contributed by atoms with Crippen LogP contribution in [-0.4, -0.2) is 35.8 Å². The van der Waals surface area contributed by atoms with Gasteiger partial charge in [-0.15, -0.1) is 0 Å². The molecule has 1 aliphatic rings. The molecule has 20 heavy (non-hydrogen) atoms. The first-order chi connectivity index (χ1) is 9.76. The minimum atomic E-state index is 0.247. The third-order valence-corrected chi connectivity index (χ3v) is 4.15. The number of rotatable bonds is 8. The summed E-state index contributed by atoms with van der Waals surface area (Å²) in [4.78, 5) is 6.93. The highest BCUT2D eigenvalue weighted by atomic mass is 16.3. The summed E-state index contributed by atoms with van der Waals surface area (Å²) >= 11 is 0. The monoisotopic (exact) mass is 277 g/mol. The smallest absolute Gasteiger partial charge is 0.129 e. The lowest BCUT2D eigenvalue weighted by atomic mass is 9.91. The Kier molecular flexibility index (Phi) is 5.80. The average molecular weight is 277 g/mol. The van der Waals surface area contributed by atoms with Gasteiger partial charge in [-0.05, 0) is 56.8 Å². The van der Waals surface area contributed by atoms with Crippen LogP contribution in [0.25, 0.3) is 0 Å². The van der Waals surface area contributed by atoms with E-state index in [0.29, 0.717) is 12.1 Å². The predicted molar refractivity (Wildman–Crippen MR) is 83.0 cm³/mol. The van der Waals surface area contributed by atoms with Crippen molar-refractivity contribution in [1.82, 2.24) is 10.3 Å². The molecule has 0 radical (unpaired) electrons. The van der Waals surface area contributed by atoms with Crippen LogP contribution >= 0.6 is 0 Å². The second kappa shape index (κ2) is 7.60. The van der Waals surface area contributed by atoms with Gasteiger partial charge in [0.05, 0.1) is 0 Å².